The monoisotopic (exact) mass is 359 g/mol. The lowest BCUT2D eigenvalue weighted by atomic mass is 10.2. The lowest BCUT2D eigenvalue weighted by molar-refractivity contribution is 0.215. The summed E-state index contributed by atoms with van der Waals surface area (Å²) in [7, 11) is 0. The molecule has 2 aromatic heterocycles. The fourth-order valence-electron chi connectivity index (χ4n) is 3.14. The second kappa shape index (κ2) is 6.67. The summed E-state index contributed by atoms with van der Waals surface area (Å²) < 4.78 is 5.98. The molecule has 3 heterocycles. The first-order valence-corrected chi connectivity index (χ1v) is 9.27. The van der Waals surface area contributed by atoms with Crippen LogP contribution in [0.3, 0.4) is 0 Å². The number of halogens is 1. The highest BCUT2D eigenvalue weighted by molar-refractivity contribution is 7.15. The number of hydrogen-bond acceptors (Lipinski definition) is 5. The highest BCUT2D eigenvalue weighted by Crippen LogP contribution is 2.35. The van der Waals surface area contributed by atoms with Crippen molar-refractivity contribution in [3.63, 3.8) is 0 Å². The molecule has 24 heavy (non-hydrogen) atoms. The number of hydrogen-bond donors (Lipinski definition) is 0. The molecule has 1 aliphatic rings. The van der Waals surface area contributed by atoms with Crippen molar-refractivity contribution in [1.82, 2.24) is 15.1 Å². The zero-order chi connectivity index (χ0) is 16.5. The third-order valence-electron chi connectivity index (χ3n) is 4.34. The van der Waals surface area contributed by atoms with E-state index in [1.54, 1.807) is 11.3 Å². The van der Waals surface area contributed by atoms with Crippen molar-refractivity contribution >= 4 is 22.9 Å². The van der Waals surface area contributed by atoms with Crippen LogP contribution in [0.5, 0.6) is 0 Å². The maximum absolute atomic E-state index is 5.98. The van der Waals surface area contributed by atoms with Crippen LogP contribution in [-0.2, 0) is 6.54 Å². The van der Waals surface area contributed by atoms with E-state index in [2.05, 4.69) is 40.2 Å². The van der Waals surface area contributed by atoms with Gasteiger partial charge >= 0.3 is 0 Å². The molecular weight excluding hydrogens is 342 g/mol. The SMILES string of the molecule is Cc1ccc(-c2nnc([C@@H]3CCCN3Cc3ccc(Cl)cc3)o2)s1. The van der Waals surface area contributed by atoms with Crippen molar-refractivity contribution in [2.24, 2.45) is 0 Å². The smallest absolute Gasteiger partial charge is 0.257 e. The van der Waals surface area contributed by atoms with Crippen molar-refractivity contribution in [2.75, 3.05) is 6.54 Å². The average Bonchev–Trinajstić information content (AvgIpc) is 3.29. The van der Waals surface area contributed by atoms with Crippen LogP contribution in [0.15, 0.2) is 40.8 Å². The van der Waals surface area contributed by atoms with Gasteiger partial charge in [-0.05, 0) is 56.1 Å². The van der Waals surface area contributed by atoms with Gasteiger partial charge in [-0.1, -0.05) is 23.7 Å². The molecule has 4 nitrogen and oxygen atoms in total. The molecule has 0 radical (unpaired) electrons. The largest absolute Gasteiger partial charge is 0.418 e. The molecule has 1 atom stereocenters. The van der Waals surface area contributed by atoms with E-state index in [1.807, 2.05) is 18.2 Å². The number of nitrogens with zero attached hydrogens (tertiary/aromatic N) is 3. The average molecular weight is 360 g/mol. The minimum absolute atomic E-state index is 0.197. The highest BCUT2D eigenvalue weighted by atomic mass is 35.5. The molecule has 6 heteroatoms. The fraction of sp³-hybridized carbons (Fsp3) is 0.333. The maximum atomic E-state index is 5.98. The van der Waals surface area contributed by atoms with E-state index in [0.717, 1.165) is 41.7 Å². The van der Waals surface area contributed by atoms with Gasteiger partial charge in [-0.25, -0.2) is 0 Å². The van der Waals surface area contributed by atoms with Gasteiger partial charge in [0.1, 0.15) is 0 Å². The maximum Gasteiger partial charge on any atom is 0.257 e. The van der Waals surface area contributed by atoms with Crippen LogP contribution in [0.4, 0.5) is 0 Å². The Bertz CT molecular complexity index is 827. The molecule has 1 aliphatic heterocycles. The molecule has 3 aromatic rings. The van der Waals surface area contributed by atoms with Crippen LogP contribution in [-0.4, -0.2) is 21.6 Å². The molecule has 0 aliphatic carbocycles. The van der Waals surface area contributed by atoms with E-state index >= 15 is 0 Å². The summed E-state index contributed by atoms with van der Waals surface area (Å²) in [6, 6.07) is 12.3. The second-order valence-corrected chi connectivity index (χ2v) is 7.84. The van der Waals surface area contributed by atoms with Crippen molar-refractivity contribution in [3.8, 4) is 10.8 Å². The lowest BCUT2D eigenvalue weighted by Crippen LogP contribution is -2.23. The third-order valence-corrected chi connectivity index (χ3v) is 5.58. The molecule has 0 bridgehead atoms. The van der Waals surface area contributed by atoms with E-state index in [-0.39, 0.29) is 6.04 Å². The van der Waals surface area contributed by atoms with Crippen molar-refractivity contribution in [2.45, 2.75) is 32.4 Å². The van der Waals surface area contributed by atoms with Crippen LogP contribution < -0.4 is 0 Å². The van der Waals surface area contributed by atoms with Crippen molar-refractivity contribution in [1.29, 1.82) is 0 Å². The van der Waals surface area contributed by atoms with Gasteiger partial charge in [0.2, 0.25) is 5.89 Å². The van der Waals surface area contributed by atoms with E-state index in [4.69, 9.17) is 16.0 Å². The van der Waals surface area contributed by atoms with Crippen LogP contribution in [0.2, 0.25) is 5.02 Å². The molecular formula is C18H18ClN3OS. The first-order valence-electron chi connectivity index (χ1n) is 8.08. The number of aromatic nitrogens is 2. The molecule has 1 aromatic carbocycles. The summed E-state index contributed by atoms with van der Waals surface area (Å²) in [6.45, 7) is 4.00. The van der Waals surface area contributed by atoms with Gasteiger partial charge in [0.25, 0.3) is 5.89 Å². The Hall–Kier alpha value is -1.69. The molecule has 0 unspecified atom stereocenters. The van der Waals surface area contributed by atoms with E-state index in [0.29, 0.717) is 5.89 Å². The number of thiophene rings is 1. The second-order valence-electron chi connectivity index (χ2n) is 6.11. The Morgan fingerprint density at radius 3 is 2.79 bits per heavy atom. The van der Waals surface area contributed by atoms with Gasteiger partial charge in [-0.15, -0.1) is 21.5 Å². The number of aryl methyl sites for hydroxylation is 1. The quantitative estimate of drug-likeness (QED) is 0.650. The summed E-state index contributed by atoms with van der Waals surface area (Å²) in [4.78, 5) is 4.68. The van der Waals surface area contributed by atoms with Gasteiger partial charge < -0.3 is 4.42 Å². The zero-order valence-electron chi connectivity index (χ0n) is 13.4. The van der Waals surface area contributed by atoms with Gasteiger partial charge in [-0.2, -0.15) is 0 Å². The molecule has 0 N–H and O–H groups in total. The molecule has 4 rings (SSSR count). The Morgan fingerprint density at radius 1 is 1.21 bits per heavy atom. The summed E-state index contributed by atoms with van der Waals surface area (Å²) in [5.41, 5.74) is 1.25. The molecule has 1 saturated heterocycles. The lowest BCUT2D eigenvalue weighted by Gasteiger charge is -2.21. The van der Waals surface area contributed by atoms with E-state index in [1.165, 1.54) is 10.4 Å². The molecule has 0 amide bonds. The zero-order valence-corrected chi connectivity index (χ0v) is 15.0. The van der Waals surface area contributed by atoms with Gasteiger partial charge in [0.15, 0.2) is 0 Å². The minimum Gasteiger partial charge on any atom is -0.418 e. The van der Waals surface area contributed by atoms with Crippen molar-refractivity contribution in [3.05, 3.63) is 57.8 Å². The Labute approximate surface area is 150 Å². The predicted octanol–water partition coefficient (Wildman–Crippen LogP) is 5.10. The van der Waals surface area contributed by atoms with Crippen LogP contribution >= 0.6 is 22.9 Å². The predicted molar refractivity (Wildman–Crippen MR) is 96.2 cm³/mol. The standard InChI is InChI=1S/C18H18ClN3OS/c1-12-4-9-16(24-12)18-21-20-17(23-18)15-3-2-10-22(15)11-13-5-7-14(19)8-6-13/h4-9,15H,2-3,10-11H2,1H3/t15-/m0/s1. The first kappa shape index (κ1) is 15.8. The Balaban J connectivity index is 1.52. The minimum atomic E-state index is 0.197. The molecule has 124 valence electrons. The number of benzene rings is 1. The van der Waals surface area contributed by atoms with Gasteiger partial charge in [-0.3, -0.25) is 4.90 Å². The van der Waals surface area contributed by atoms with Gasteiger partial charge in [0, 0.05) is 16.4 Å². The van der Waals surface area contributed by atoms with E-state index < -0.39 is 0 Å². The summed E-state index contributed by atoms with van der Waals surface area (Å²) in [5, 5.41) is 9.33. The van der Waals surface area contributed by atoms with Crippen LogP contribution in [0.1, 0.15) is 35.2 Å². The molecule has 0 spiro atoms. The number of likely N-dealkylation sites (tertiary alicyclic amines) is 1. The van der Waals surface area contributed by atoms with Gasteiger partial charge in [0.05, 0.1) is 10.9 Å². The summed E-state index contributed by atoms with van der Waals surface area (Å²) in [5.74, 6) is 1.35. The Morgan fingerprint density at radius 2 is 2.04 bits per heavy atom. The summed E-state index contributed by atoms with van der Waals surface area (Å²) >= 11 is 7.65. The van der Waals surface area contributed by atoms with E-state index in [9.17, 15) is 0 Å². The van der Waals surface area contributed by atoms with Crippen LogP contribution in [0, 0.1) is 6.92 Å². The third kappa shape index (κ3) is 3.24. The topological polar surface area (TPSA) is 42.2 Å². The van der Waals surface area contributed by atoms with Crippen molar-refractivity contribution < 1.29 is 4.42 Å². The molecule has 1 fully saturated rings. The first-order chi connectivity index (χ1) is 11.7. The summed E-state index contributed by atoms with van der Waals surface area (Å²) in [6.07, 6.45) is 2.20. The fourth-order valence-corrected chi connectivity index (χ4v) is 4.05. The highest BCUT2D eigenvalue weighted by Gasteiger charge is 2.30. The molecule has 0 saturated carbocycles. The number of rotatable bonds is 4. The Kier molecular flexibility index (Phi) is 4.39. The van der Waals surface area contributed by atoms with Crippen LogP contribution in [0.25, 0.3) is 10.8 Å². The normalized spacial score (nSPS) is 18.3.